The predicted octanol–water partition coefficient (Wildman–Crippen LogP) is 3.00. The van der Waals surface area contributed by atoms with E-state index < -0.39 is 18.0 Å². The molecule has 3 unspecified atom stereocenters. The molecule has 140 valence electrons. The van der Waals surface area contributed by atoms with Crippen molar-refractivity contribution in [1.29, 1.82) is 0 Å². The third-order valence-corrected chi connectivity index (χ3v) is 4.02. The molecule has 0 bridgehead atoms. The van der Waals surface area contributed by atoms with Crippen molar-refractivity contribution in [2.24, 2.45) is 0 Å². The van der Waals surface area contributed by atoms with E-state index in [4.69, 9.17) is 9.47 Å². The summed E-state index contributed by atoms with van der Waals surface area (Å²) in [6.45, 7) is 6.88. The van der Waals surface area contributed by atoms with Crippen LogP contribution >= 0.6 is 0 Å². The summed E-state index contributed by atoms with van der Waals surface area (Å²) in [5, 5.41) is 30.4. The number of hydrogen-bond donors (Lipinski definition) is 3. The van der Waals surface area contributed by atoms with Gasteiger partial charge in [-0.05, 0) is 19.3 Å². The maximum Gasteiger partial charge on any atom is 0.199 e. The number of aliphatic hydroxyl groups is 3. The fourth-order valence-electron chi connectivity index (χ4n) is 2.56. The molecule has 0 aromatic carbocycles. The Kier molecular flexibility index (Phi) is 14.0. The number of hydrogen-bond acceptors (Lipinski definition) is 5. The van der Waals surface area contributed by atoms with E-state index in [0.29, 0.717) is 19.6 Å². The first kappa shape index (κ1) is 22.8. The first-order chi connectivity index (χ1) is 11.1. The highest BCUT2D eigenvalue weighted by atomic mass is 16.7. The van der Waals surface area contributed by atoms with Crippen LogP contribution in [0.2, 0.25) is 0 Å². The van der Waals surface area contributed by atoms with E-state index in [-0.39, 0.29) is 13.0 Å². The van der Waals surface area contributed by atoms with E-state index in [2.05, 4.69) is 13.8 Å². The Labute approximate surface area is 142 Å². The van der Waals surface area contributed by atoms with Gasteiger partial charge in [-0.3, -0.25) is 0 Å². The summed E-state index contributed by atoms with van der Waals surface area (Å²) in [6.07, 6.45) is 5.38. The Morgan fingerprint density at radius 1 is 0.826 bits per heavy atom. The lowest BCUT2D eigenvalue weighted by Crippen LogP contribution is -2.54. The first-order valence-electron chi connectivity index (χ1n) is 9.32. The van der Waals surface area contributed by atoms with Crippen LogP contribution in [0, 0.1) is 0 Å². The fourth-order valence-corrected chi connectivity index (χ4v) is 2.56. The fraction of sp³-hybridized carbons (Fsp3) is 1.00. The molecular formula is C18H38O5. The lowest BCUT2D eigenvalue weighted by atomic mass is 9.96. The van der Waals surface area contributed by atoms with E-state index in [1.165, 1.54) is 0 Å². The van der Waals surface area contributed by atoms with Crippen molar-refractivity contribution in [1.82, 2.24) is 0 Å². The highest BCUT2D eigenvalue weighted by Crippen LogP contribution is 2.28. The first-order valence-corrected chi connectivity index (χ1v) is 9.32. The van der Waals surface area contributed by atoms with E-state index in [9.17, 15) is 15.3 Å². The number of aliphatic hydroxyl groups excluding tert-OH is 3. The molecule has 0 aliphatic heterocycles. The molecule has 0 heterocycles. The van der Waals surface area contributed by atoms with Crippen LogP contribution in [-0.4, -0.2) is 53.1 Å². The standard InChI is InChI=1S/C18H38O5/c1-4-7-9-10-11-16(20)17(21)18(12-13-19,22-14-6-3)23-15-8-5-2/h16-17,19-21H,4-15H2,1-3H3. The van der Waals surface area contributed by atoms with Crippen molar-refractivity contribution < 1.29 is 24.8 Å². The van der Waals surface area contributed by atoms with Crippen LogP contribution in [0.5, 0.6) is 0 Å². The summed E-state index contributed by atoms with van der Waals surface area (Å²) in [5.41, 5.74) is 0. The van der Waals surface area contributed by atoms with Crippen LogP contribution in [-0.2, 0) is 9.47 Å². The Balaban J connectivity index is 4.80. The molecule has 0 amide bonds. The van der Waals surface area contributed by atoms with E-state index in [0.717, 1.165) is 44.9 Å². The average molecular weight is 334 g/mol. The summed E-state index contributed by atoms with van der Waals surface area (Å²) < 4.78 is 11.6. The molecule has 0 saturated heterocycles. The lowest BCUT2D eigenvalue weighted by molar-refractivity contribution is -0.304. The quantitative estimate of drug-likeness (QED) is 0.299. The van der Waals surface area contributed by atoms with Gasteiger partial charge in [0.1, 0.15) is 6.10 Å². The highest BCUT2D eigenvalue weighted by molar-refractivity contribution is 4.85. The molecule has 3 N–H and O–H groups in total. The van der Waals surface area contributed by atoms with Crippen LogP contribution in [0.15, 0.2) is 0 Å². The molecule has 0 rings (SSSR count). The van der Waals surface area contributed by atoms with E-state index in [1.807, 2.05) is 6.92 Å². The van der Waals surface area contributed by atoms with Crippen molar-refractivity contribution in [3.8, 4) is 0 Å². The molecule has 0 aromatic heterocycles. The second kappa shape index (κ2) is 14.2. The van der Waals surface area contributed by atoms with Crippen LogP contribution < -0.4 is 0 Å². The summed E-state index contributed by atoms with van der Waals surface area (Å²) in [4.78, 5) is 0. The van der Waals surface area contributed by atoms with Gasteiger partial charge in [0.15, 0.2) is 5.79 Å². The van der Waals surface area contributed by atoms with Crippen LogP contribution in [0.1, 0.15) is 78.6 Å². The van der Waals surface area contributed by atoms with Crippen molar-refractivity contribution in [2.75, 3.05) is 19.8 Å². The normalized spacial score (nSPS) is 17.0. The van der Waals surface area contributed by atoms with Gasteiger partial charge in [0, 0.05) is 19.6 Å². The van der Waals surface area contributed by atoms with Crippen molar-refractivity contribution >= 4 is 0 Å². The zero-order valence-electron chi connectivity index (χ0n) is 15.3. The van der Waals surface area contributed by atoms with Gasteiger partial charge in [0.2, 0.25) is 0 Å². The number of ether oxygens (including phenoxy) is 2. The van der Waals surface area contributed by atoms with Gasteiger partial charge in [-0.1, -0.05) is 52.9 Å². The minimum absolute atomic E-state index is 0.157. The lowest BCUT2D eigenvalue weighted by Gasteiger charge is -2.39. The maximum atomic E-state index is 10.6. The Bertz CT molecular complexity index is 262. The summed E-state index contributed by atoms with van der Waals surface area (Å²) >= 11 is 0. The molecule has 0 radical (unpaired) electrons. The molecular weight excluding hydrogens is 296 g/mol. The monoisotopic (exact) mass is 334 g/mol. The molecule has 5 heteroatoms. The SMILES string of the molecule is CCCCCCC(O)C(O)C(CCO)(OCCC)OCCCC. The van der Waals surface area contributed by atoms with Crippen LogP contribution in [0.25, 0.3) is 0 Å². The molecule has 0 saturated carbocycles. The van der Waals surface area contributed by atoms with Gasteiger partial charge in [0.25, 0.3) is 0 Å². The molecule has 0 fully saturated rings. The molecule has 0 aromatic rings. The van der Waals surface area contributed by atoms with Crippen LogP contribution in [0.3, 0.4) is 0 Å². The Hall–Kier alpha value is -0.200. The Morgan fingerprint density at radius 2 is 1.48 bits per heavy atom. The average Bonchev–Trinajstić information content (AvgIpc) is 2.56. The second-order valence-electron chi connectivity index (χ2n) is 6.20. The van der Waals surface area contributed by atoms with E-state index >= 15 is 0 Å². The van der Waals surface area contributed by atoms with Gasteiger partial charge in [-0.15, -0.1) is 0 Å². The van der Waals surface area contributed by atoms with Crippen molar-refractivity contribution in [3.63, 3.8) is 0 Å². The van der Waals surface area contributed by atoms with E-state index in [1.54, 1.807) is 0 Å². The largest absolute Gasteiger partial charge is 0.396 e. The zero-order valence-corrected chi connectivity index (χ0v) is 15.3. The molecule has 3 atom stereocenters. The summed E-state index contributed by atoms with van der Waals surface area (Å²) in [6, 6.07) is 0. The van der Waals surface area contributed by atoms with Gasteiger partial charge < -0.3 is 24.8 Å². The zero-order chi connectivity index (χ0) is 17.6. The summed E-state index contributed by atoms with van der Waals surface area (Å²) in [5.74, 6) is -1.32. The van der Waals surface area contributed by atoms with Gasteiger partial charge >= 0.3 is 0 Å². The smallest absolute Gasteiger partial charge is 0.199 e. The molecule has 0 spiro atoms. The van der Waals surface area contributed by atoms with Crippen LogP contribution in [0.4, 0.5) is 0 Å². The molecule has 5 nitrogen and oxygen atoms in total. The second-order valence-corrected chi connectivity index (χ2v) is 6.20. The Morgan fingerprint density at radius 3 is 2.04 bits per heavy atom. The third-order valence-electron chi connectivity index (χ3n) is 4.02. The minimum Gasteiger partial charge on any atom is -0.396 e. The molecule has 0 aliphatic rings. The highest BCUT2D eigenvalue weighted by Gasteiger charge is 2.43. The van der Waals surface area contributed by atoms with Gasteiger partial charge in [0.05, 0.1) is 12.7 Å². The predicted molar refractivity (Wildman–Crippen MR) is 92.3 cm³/mol. The molecule has 23 heavy (non-hydrogen) atoms. The van der Waals surface area contributed by atoms with Gasteiger partial charge in [-0.2, -0.15) is 0 Å². The van der Waals surface area contributed by atoms with Gasteiger partial charge in [-0.25, -0.2) is 0 Å². The topological polar surface area (TPSA) is 79.2 Å². The summed E-state index contributed by atoms with van der Waals surface area (Å²) in [7, 11) is 0. The molecule has 0 aliphatic carbocycles. The number of rotatable bonds is 16. The maximum absolute atomic E-state index is 10.6. The third kappa shape index (κ3) is 9.01. The van der Waals surface area contributed by atoms with Crippen molar-refractivity contribution in [2.45, 2.75) is 96.6 Å². The number of unbranched alkanes of at least 4 members (excludes halogenated alkanes) is 4. The van der Waals surface area contributed by atoms with Crippen molar-refractivity contribution in [3.05, 3.63) is 0 Å². The minimum atomic E-state index is -1.32.